The molecule has 0 spiro atoms. The molecule has 0 radical (unpaired) electrons. The summed E-state index contributed by atoms with van der Waals surface area (Å²) >= 11 is 1.95. The summed E-state index contributed by atoms with van der Waals surface area (Å²) in [7, 11) is 1.93. The van der Waals surface area contributed by atoms with Gasteiger partial charge in [0.1, 0.15) is 19.9 Å². The van der Waals surface area contributed by atoms with Crippen LogP contribution in [0.5, 0.6) is 0 Å². The first-order valence-corrected chi connectivity index (χ1v) is 13.4. The van der Waals surface area contributed by atoms with Gasteiger partial charge >= 0.3 is 6.03 Å². The van der Waals surface area contributed by atoms with Gasteiger partial charge < -0.3 is 32.3 Å². The summed E-state index contributed by atoms with van der Waals surface area (Å²) in [6.07, 6.45) is 1.42. The van der Waals surface area contributed by atoms with Crippen LogP contribution in [0.4, 0.5) is 10.5 Å². The van der Waals surface area contributed by atoms with Gasteiger partial charge in [0.15, 0.2) is 0 Å². The van der Waals surface area contributed by atoms with Gasteiger partial charge in [0.25, 0.3) is 5.91 Å². The molecule has 13 heteroatoms. The predicted molar refractivity (Wildman–Crippen MR) is 150 cm³/mol. The van der Waals surface area contributed by atoms with Crippen LogP contribution in [0.3, 0.4) is 0 Å². The van der Waals surface area contributed by atoms with E-state index in [0.29, 0.717) is 22.1 Å². The average Bonchev–Trinajstić information content (AvgIpc) is 2.83. The van der Waals surface area contributed by atoms with Gasteiger partial charge in [-0.1, -0.05) is 42.8 Å². The van der Waals surface area contributed by atoms with E-state index in [4.69, 9.17) is 5.73 Å². The second-order valence-corrected chi connectivity index (χ2v) is 9.53. The first kappa shape index (κ1) is 31.2. The Morgan fingerprint density at radius 3 is 2.14 bits per heavy atom. The van der Waals surface area contributed by atoms with Gasteiger partial charge in [0.2, 0.25) is 17.7 Å². The Hall–Kier alpha value is -2.84. The van der Waals surface area contributed by atoms with Gasteiger partial charge in [0.05, 0.1) is 4.43 Å². The van der Waals surface area contributed by atoms with Gasteiger partial charge in [-0.2, -0.15) is 0 Å². The minimum atomic E-state index is -0.890. The molecule has 3 atom stereocenters. The van der Waals surface area contributed by atoms with E-state index < -0.39 is 29.9 Å². The van der Waals surface area contributed by atoms with E-state index in [0.717, 1.165) is 6.32 Å². The molecule has 0 saturated heterocycles. The number of amides is 6. The van der Waals surface area contributed by atoms with E-state index in [9.17, 15) is 24.0 Å². The van der Waals surface area contributed by atoms with Crippen LogP contribution in [0, 0.1) is 5.92 Å². The van der Waals surface area contributed by atoms with Crippen LogP contribution in [-0.2, 0) is 14.4 Å². The number of benzene rings is 1. The quantitative estimate of drug-likeness (QED) is 0.0766. The molecule has 1 rings (SSSR count). The number of urea groups is 1. The molecular formula is C23H36BIN6O5. The van der Waals surface area contributed by atoms with Gasteiger partial charge in [-0.15, -0.1) is 0 Å². The fraction of sp³-hybridized carbons (Fsp3) is 0.522. The zero-order valence-corrected chi connectivity index (χ0v) is 23.3. The Morgan fingerprint density at radius 1 is 0.972 bits per heavy atom. The van der Waals surface area contributed by atoms with Gasteiger partial charge in [-0.05, 0) is 49.9 Å². The molecule has 0 aliphatic carbocycles. The molecule has 0 fully saturated rings. The topological polar surface area (TPSA) is 172 Å². The lowest BCUT2D eigenvalue weighted by molar-refractivity contribution is -0.131. The standard InChI is InChI=1S/C23H36BIN6O5/c1-13(2)19(31-20(33)15-6-8-16(9-7-15)29-18(32)12-25)22(35)30-17(5-4-10-27-23(26)36)21(34)28-14(3)11-24/h6-9,13-14,17,19H,4-5,10-12,24H2,1-3H3,(H,28,34)(H,29,32)(H,30,35)(H,31,33)(H3,26,27,36)/t14-,17-,19?/m0/s1. The maximum atomic E-state index is 13.1. The maximum Gasteiger partial charge on any atom is 0.312 e. The molecule has 36 heavy (non-hydrogen) atoms. The van der Waals surface area contributed by atoms with Crippen LogP contribution in [0.2, 0.25) is 6.32 Å². The van der Waals surface area contributed by atoms with Crippen molar-refractivity contribution in [3.8, 4) is 0 Å². The Balaban J connectivity index is 2.90. The highest BCUT2D eigenvalue weighted by Crippen LogP contribution is 2.12. The zero-order chi connectivity index (χ0) is 27.3. The van der Waals surface area contributed by atoms with Crippen LogP contribution in [0.1, 0.15) is 44.0 Å². The summed E-state index contributed by atoms with van der Waals surface area (Å²) in [6.45, 7) is 5.70. The van der Waals surface area contributed by atoms with Gasteiger partial charge in [-0.3, -0.25) is 19.2 Å². The van der Waals surface area contributed by atoms with Crippen LogP contribution in [0.25, 0.3) is 0 Å². The number of nitrogens with one attached hydrogen (secondary N) is 5. The Bertz CT molecular complexity index is 915. The highest BCUT2D eigenvalue weighted by atomic mass is 127. The number of rotatable bonds is 14. The number of carbonyl (C=O) groups is 5. The monoisotopic (exact) mass is 614 g/mol. The van der Waals surface area contributed by atoms with Crippen molar-refractivity contribution in [2.24, 2.45) is 11.7 Å². The van der Waals surface area contributed by atoms with Crippen molar-refractivity contribution < 1.29 is 24.0 Å². The number of primary amides is 1. The van der Waals surface area contributed by atoms with E-state index in [1.54, 1.807) is 38.1 Å². The Morgan fingerprint density at radius 2 is 1.61 bits per heavy atom. The minimum absolute atomic E-state index is 0.0779. The maximum absolute atomic E-state index is 13.1. The number of anilines is 1. The van der Waals surface area contributed by atoms with Crippen molar-refractivity contribution in [1.82, 2.24) is 21.3 Å². The number of alkyl halides is 1. The van der Waals surface area contributed by atoms with Crippen molar-refractivity contribution in [1.29, 1.82) is 0 Å². The first-order chi connectivity index (χ1) is 17.0. The lowest BCUT2D eigenvalue weighted by Crippen LogP contribution is -2.56. The highest BCUT2D eigenvalue weighted by Gasteiger charge is 2.29. The van der Waals surface area contributed by atoms with E-state index in [1.165, 1.54) is 0 Å². The zero-order valence-electron chi connectivity index (χ0n) is 21.2. The number of hydrogen-bond acceptors (Lipinski definition) is 5. The summed E-state index contributed by atoms with van der Waals surface area (Å²) in [5.74, 6) is -1.69. The lowest BCUT2D eigenvalue weighted by Gasteiger charge is -2.26. The molecular weight excluding hydrogens is 578 g/mol. The number of halogens is 1. The summed E-state index contributed by atoms with van der Waals surface area (Å²) in [5, 5.41) is 13.5. The third-order valence-corrected chi connectivity index (χ3v) is 6.08. The van der Waals surface area contributed by atoms with E-state index in [-0.39, 0.29) is 36.7 Å². The Labute approximate surface area is 226 Å². The molecule has 0 heterocycles. The molecule has 6 amide bonds. The van der Waals surface area contributed by atoms with Crippen LogP contribution in [-0.4, -0.2) is 66.6 Å². The highest BCUT2D eigenvalue weighted by molar-refractivity contribution is 14.1. The fourth-order valence-corrected chi connectivity index (χ4v) is 3.34. The molecule has 0 saturated carbocycles. The number of carbonyl (C=O) groups excluding carboxylic acids is 5. The second-order valence-electron chi connectivity index (χ2n) is 8.77. The minimum Gasteiger partial charge on any atom is -0.353 e. The summed E-state index contributed by atoms with van der Waals surface area (Å²) in [6, 6.07) is 3.85. The van der Waals surface area contributed by atoms with Crippen LogP contribution in [0.15, 0.2) is 24.3 Å². The SMILES string of the molecule is BC[C@H](C)NC(=O)[C@H](CCCNC(N)=O)NC(=O)C(NC(=O)c1ccc(NC(=O)CI)cc1)C(C)C. The van der Waals surface area contributed by atoms with Crippen LogP contribution >= 0.6 is 22.6 Å². The molecule has 0 aliphatic rings. The van der Waals surface area contributed by atoms with Crippen molar-refractivity contribution >= 4 is 65.8 Å². The summed E-state index contributed by atoms with van der Waals surface area (Å²) in [5.41, 5.74) is 5.96. The molecule has 0 aromatic heterocycles. The number of nitrogens with two attached hydrogens (primary N) is 1. The van der Waals surface area contributed by atoms with Gasteiger partial charge in [-0.25, -0.2) is 4.79 Å². The molecule has 0 aliphatic heterocycles. The predicted octanol–water partition coefficient (Wildman–Crippen LogP) is 0.304. The third kappa shape index (κ3) is 11.3. The number of hydrogen-bond donors (Lipinski definition) is 6. The largest absolute Gasteiger partial charge is 0.353 e. The molecule has 198 valence electrons. The molecule has 7 N–H and O–H groups in total. The summed E-state index contributed by atoms with van der Waals surface area (Å²) in [4.78, 5) is 61.2. The molecule has 11 nitrogen and oxygen atoms in total. The third-order valence-electron chi connectivity index (χ3n) is 5.39. The lowest BCUT2D eigenvalue weighted by atomic mass is 9.98. The smallest absolute Gasteiger partial charge is 0.312 e. The van der Waals surface area contributed by atoms with Crippen LogP contribution < -0.4 is 32.3 Å². The molecule has 1 aromatic rings. The van der Waals surface area contributed by atoms with E-state index in [2.05, 4.69) is 26.6 Å². The van der Waals surface area contributed by atoms with Gasteiger partial charge in [0, 0.05) is 23.8 Å². The second kappa shape index (κ2) is 16.0. The first-order valence-electron chi connectivity index (χ1n) is 11.9. The van der Waals surface area contributed by atoms with E-state index >= 15 is 0 Å². The summed E-state index contributed by atoms with van der Waals surface area (Å²) < 4.78 is 0.309. The van der Waals surface area contributed by atoms with Crippen molar-refractivity contribution in [2.45, 2.75) is 58.1 Å². The molecule has 1 unspecified atom stereocenters. The average molecular weight is 614 g/mol. The van der Waals surface area contributed by atoms with E-state index in [1.807, 2.05) is 37.4 Å². The molecule has 1 aromatic carbocycles. The van der Waals surface area contributed by atoms with Crippen molar-refractivity contribution in [2.75, 3.05) is 16.3 Å². The Kier molecular flexibility index (Phi) is 13.9. The fourth-order valence-electron chi connectivity index (χ4n) is 3.15. The normalized spacial score (nSPS) is 13.1. The molecule has 0 bridgehead atoms. The van der Waals surface area contributed by atoms with Crippen molar-refractivity contribution in [3.05, 3.63) is 29.8 Å². The van der Waals surface area contributed by atoms with Crippen molar-refractivity contribution in [3.63, 3.8) is 0 Å².